The SMILES string of the molecule is CNC(=O)CCC(=O)NS(=O)(=O)CC1CCCN1C(=O)c1cc(C)c(-c2cccc(Cl)c2)s1. The van der Waals surface area contributed by atoms with Crippen LogP contribution in [-0.4, -0.2) is 56.4 Å². The number of hydrogen-bond acceptors (Lipinski definition) is 6. The molecule has 3 rings (SSSR count). The Hall–Kier alpha value is -2.43. The van der Waals surface area contributed by atoms with Crippen LogP contribution in [0.4, 0.5) is 0 Å². The number of aryl methyl sites for hydroxylation is 1. The summed E-state index contributed by atoms with van der Waals surface area (Å²) in [7, 11) is -2.51. The normalized spacial score (nSPS) is 16.0. The first-order valence-electron chi connectivity index (χ1n) is 10.5. The van der Waals surface area contributed by atoms with E-state index in [4.69, 9.17) is 11.6 Å². The second kappa shape index (κ2) is 10.7. The first kappa shape index (κ1) is 25.2. The number of carbonyl (C=O) groups is 3. The van der Waals surface area contributed by atoms with Gasteiger partial charge in [-0.1, -0.05) is 23.7 Å². The highest BCUT2D eigenvalue weighted by Crippen LogP contribution is 2.35. The van der Waals surface area contributed by atoms with E-state index in [1.165, 1.54) is 18.4 Å². The van der Waals surface area contributed by atoms with Gasteiger partial charge in [-0.2, -0.15) is 0 Å². The van der Waals surface area contributed by atoms with Gasteiger partial charge in [0.15, 0.2) is 0 Å². The Morgan fingerprint density at radius 1 is 1.18 bits per heavy atom. The van der Waals surface area contributed by atoms with Crippen LogP contribution in [-0.2, 0) is 19.6 Å². The van der Waals surface area contributed by atoms with E-state index < -0.39 is 22.0 Å². The zero-order valence-electron chi connectivity index (χ0n) is 18.4. The Morgan fingerprint density at radius 2 is 1.91 bits per heavy atom. The minimum Gasteiger partial charge on any atom is -0.359 e. The molecule has 0 saturated carbocycles. The second-order valence-electron chi connectivity index (χ2n) is 7.91. The fraction of sp³-hybridized carbons (Fsp3) is 0.409. The Bertz CT molecular complexity index is 1160. The van der Waals surface area contributed by atoms with Gasteiger partial charge in [-0.15, -0.1) is 11.3 Å². The van der Waals surface area contributed by atoms with Crippen LogP contribution in [0.25, 0.3) is 10.4 Å². The molecule has 2 N–H and O–H groups in total. The maximum absolute atomic E-state index is 13.2. The molecule has 8 nitrogen and oxygen atoms in total. The smallest absolute Gasteiger partial charge is 0.264 e. The lowest BCUT2D eigenvalue weighted by Crippen LogP contribution is -2.43. The van der Waals surface area contributed by atoms with Crippen molar-refractivity contribution in [2.45, 2.75) is 38.6 Å². The second-order valence-corrected chi connectivity index (χ2v) is 11.2. The number of halogens is 1. The van der Waals surface area contributed by atoms with Crippen molar-refractivity contribution in [1.82, 2.24) is 14.9 Å². The van der Waals surface area contributed by atoms with Gasteiger partial charge in [0.2, 0.25) is 21.8 Å². The van der Waals surface area contributed by atoms with Crippen molar-refractivity contribution in [3.63, 3.8) is 0 Å². The molecule has 0 spiro atoms. The van der Waals surface area contributed by atoms with E-state index in [0.717, 1.165) is 16.0 Å². The molecule has 33 heavy (non-hydrogen) atoms. The largest absolute Gasteiger partial charge is 0.359 e. The number of rotatable bonds is 8. The summed E-state index contributed by atoms with van der Waals surface area (Å²) in [6.07, 6.45) is 0.887. The van der Waals surface area contributed by atoms with Crippen molar-refractivity contribution >= 4 is 50.7 Å². The Morgan fingerprint density at radius 3 is 2.61 bits per heavy atom. The standard InChI is InChI=1S/C22H26ClN3O5S2/c1-14-11-18(32-21(14)15-5-3-6-16(23)12-15)22(29)26-10-4-7-17(26)13-33(30,31)25-20(28)9-8-19(27)24-2/h3,5-6,11-12,17H,4,7-10,13H2,1-2H3,(H,24,27)(H,25,28). The van der Waals surface area contributed by atoms with Gasteiger partial charge in [0.1, 0.15) is 0 Å². The van der Waals surface area contributed by atoms with E-state index in [9.17, 15) is 22.8 Å². The molecule has 11 heteroatoms. The number of thiophene rings is 1. The lowest BCUT2D eigenvalue weighted by molar-refractivity contribution is -0.125. The van der Waals surface area contributed by atoms with Crippen LogP contribution in [0.15, 0.2) is 30.3 Å². The summed E-state index contributed by atoms with van der Waals surface area (Å²) in [4.78, 5) is 39.4. The molecule has 1 aliphatic heterocycles. The zero-order valence-corrected chi connectivity index (χ0v) is 20.8. The molecule has 1 aliphatic rings. The zero-order chi connectivity index (χ0) is 24.2. The van der Waals surface area contributed by atoms with Gasteiger partial charge < -0.3 is 10.2 Å². The molecule has 0 bridgehead atoms. The molecule has 1 aromatic carbocycles. The summed E-state index contributed by atoms with van der Waals surface area (Å²) in [6, 6.07) is 8.69. The third kappa shape index (κ3) is 6.55. The third-order valence-electron chi connectivity index (χ3n) is 5.39. The number of carbonyl (C=O) groups excluding carboxylic acids is 3. The molecule has 1 aromatic heterocycles. The van der Waals surface area contributed by atoms with Gasteiger partial charge in [-0.25, -0.2) is 8.42 Å². The van der Waals surface area contributed by atoms with Crippen LogP contribution in [0, 0.1) is 6.92 Å². The van der Waals surface area contributed by atoms with Crippen LogP contribution >= 0.6 is 22.9 Å². The first-order valence-corrected chi connectivity index (χ1v) is 13.4. The maximum Gasteiger partial charge on any atom is 0.264 e. The Labute approximate surface area is 202 Å². The van der Waals surface area contributed by atoms with Crippen molar-refractivity contribution in [2.24, 2.45) is 0 Å². The lowest BCUT2D eigenvalue weighted by Gasteiger charge is -2.24. The maximum atomic E-state index is 13.2. The van der Waals surface area contributed by atoms with Crippen LogP contribution in [0.5, 0.6) is 0 Å². The van der Waals surface area contributed by atoms with E-state index in [-0.39, 0.29) is 30.4 Å². The van der Waals surface area contributed by atoms with E-state index in [1.807, 2.05) is 35.9 Å². The number of hydrogen-bond donors (Lipinski definition) is 2. The van der Waals surface area contributed by atoms with Crippen LogP contribution < -0.4 is 10.0 Å². The highest BCUT2D eigenvalue weighted by atomic mass is 35.5. The summed E-state index contributed by atoms with van der Waals surface area (Å²) >= 11 is 7.45. The average molecular weight is 512 g/mol. The lowest BCUT2D eigenvalue weighted by atomic mass is 10.1. The van der Waals surface area contributed by atoms with Gasteiger partial charge in [-0.05, 0) is 49.1 Å². The highest BCUT2D eigenvalue weighted by molar-refractivity contribution is 7.90. The minimum absolute atomic E-state index is 0.0986. The van der Waals surface area contributed by atoms with Crippen LogP contribution in [0.3, 0.4) is 0 Å². The molecule has 0 aliphatic carbocycles. The Balaban J connectivity index is 1.69. The molecular formula is C22H26ClN3O5S2. The summed E-state index contributed by atoms with van der Waals surface area (Å²) in [5.74, 6) is -1.68. The number of nitrogens with zero attached hydrogens (tertiary/aromatic N) is 1. The molecule has 2 heterocycles. The summed E-state index contributed by atoms with van der Waals surface area (Å²) in [5.41, 5.74) is 1.86. The summed E-state index contributed by atoms with van der Waals surface area (Å²) in [5, 5.41) is 2.98. The molecule has 3 amide bonds. The van der Waals surface area contributed by atoms with E-state index in [2.05, 4.69) is 5.32 Å². The highest BCUT2D eigenvalue weighted by Gasteiger charge is 2.34. The minimum atomic E-state index is -3.95. The monoisotopic (exact) mass is 511 g/mol. The number of nitrogens with one attached hydrogen (secondary N) is 2. The van der Waals surface area contributed by atoms with Gasteiger partial charge in [0.25, 0.3) is 5.91 Å². The molecular weight excluding hydrogens is 486 g/mol. The van der Waals surface area contributed by atoms with Crippen LogP contribution in [0.1, 0.15) is 40.9 Å². The topological polar surface area (TPSA) is 113 Å². The summed E-state index contributed by atoms with van der Waals surface area (Å²) < 4.78 is 27.0. The van der Waals surface area contributed by atoms with Gasteiger partial charge in [0, 0.05) is 42.4 Å². The molecule has 1 saturated heterocycles. The average Bonchev–Trinajstić information content (AvgIpc) is 3.37. The van der Waals surface area contributed by atoms with Crippen molar-refractivity contribution in [3.8, 4) is 10.4 Å². The molecule has 1 atom stereocenters. The van der Waals surface area contributed by atoms with Crippen molar-refractivity contribution < 1.29 is 22.8 Å². The van der Waals surface area contributed by atoms with Gasteiger partial charge >= 0.3 is 0 Å². The fourth-order valence-corrected chi connectivity index (χ4v) is 6.49. The van der Waals surface area contributed by atoms with E-state index in [1.54, 1.807) is 11.0 Å². The van der Waals surface area contributed by atoms with Gasteiger partial charge in [0.05, 0.1) is 10.6 Å². The van der Waals surface area contributed by atoms with E-state index in [0.29, 0.717) is 29.3 Å². The van der Waals surface area contributed by atoms with Crippen LogP contribution in [0.2, 0.25) is 5.02 Å². The molecule has 1 unspecified atom stereocenters. The summed E-state index contributed by atoms with van der Waals surface area (Å²) in [6.45, 7) is 2.37. The van der Waals surface area contributed by atoms with Gasteiger partial charge in [-0.3, -0.25) is 19.1 Å². The quantitative estimate of drug-likeness (QED) is 0.565. The Kier molecular flexibility index (Phi) is 8.14. The number of likely N-dealkylation sites (tertiary alicyclic amines) is 1. The third-order valence-corrected chi connectivity index (χ3v) is 8.26. The van der Waals surface area contributed by atoms with Crippen molar-refractivity contribution in [3.05, 3.63) is 45.8 Å². The molecule has 1 fully saturated rings. The molecule has 0 radical (unpaired) electrons. The van der Waals surface area contributed by atoms with E-state index >= 15 is 0 Å². The predicted octanol–water partition coefficient (Wildman–Crippen LogP) is 2.95. The van der Waals surface area contributed by atoms with Crippen molar-refractivity contribution in [1.29, 1.82) is 0 Å². The molecule has 2 aromatic rings. The van der Waals surface area contributed by atoms with Crippen molar-refractivity contribution in [2.75, 3.05) is 19.3 Å². The predicted molar refractivity (Wildman–Crippen MR) is 129 cm³/mol. The fourth-order valence-electron chi connectivity index (χ4n) is 3.79. The number of sulfonamides is 1. The number of amides is 3. The number of benzene rings is 1. The first-order chi connectivity index (χ1) is 15.6. The molecule has 178 valence electrons.